The molecule has 2 aromatic heterocycles. The fourth-order valence-electron chi connectivity index (χ4n) is 2.64. The second kappa shape index (κ2) is 7.66. The summed E-state index contributed by atoms with van der Waals surface area (Å²) in [5.74, 6) is -1.96. The van der Waals surface area contributed by atoms with Crippen molar-refractivity contribution in [2.75, 3.05) is 5.32 Å². The van der Waals surface area contributed by atoms with Gasteiger partial charge >= 0.3 is 5.63 Å². The Morgan fingerprint density at radius 3 is 2.79 bits per heavy atom. The summed E-state index contributed by atoms with van der Waals surface area (Å²) in [4.78, 5) is 16.6. The molecule has 4 aromatic rings. The van der Waals surface area contributed by atoms with Crippen LogP contribution in [0.15, 0.2) is 69.3 Å². The van der Waals surface area contributed by atoms with E-state index in [0.717, 1.165) is 17.5 Å². The topological polar surface area (TPSA) is 78.9 Å². The van der Waals surface area contributed by atoms with Crippen molar-refractivity contribution in [3.05, 3.63) is 87.2 Å². The van der Waals surface area contributed by atoms with Gasteiger partial charge in [-0.2, -0.15) is 5.26 Å². The molecule has 0 fully saturated rings. The van der Waals surface area contributed by atoms with Crippen LogP contribution in [-0.4, -0.2) is 4.98 Å². The number of anilines is 1. The Morgan fingerprint density at radius 2 is 2.00 bits per heavy atom. The summed E-state index contributed by atoms with van der Waals surface area (Å²) < 4.78 is 31.6. The van der Waals surface area contributed by atoms with Crippen molar-refractivity contribution in [2.24, 2.45) is 0 Å². The standard InChI is InChI=1S/C21H11F2N3O2S/c22-16-6-5-14(8-17(16)23)25-10-13(9-24)20-26-18(11-29-20)15-7-12-3-1-2-4-19(12)28-21(15)27/h1-8,10-11,25H/b13-10+. The molecule has 0 radical (unpaired) electrons. The van der Waals surface area contributed by atoms with Crippen molar-refractivity contribution in [1.29, 1.82) is 5.26 Å². The summed E-state index contributed by atoms with van der Waals surface area (Å²) in [6, 6.07) is 14.1. The van der Waals surface area contributed by atoms with Gasteiger partial charge in [0, 0.05) is 28.7 Å². The number of thiazole rings is 1. The van der Waals surface area contributed by atoms with E-state index in [1.165, 1.54) is 23.6 Å². The van der Waals surface area contributed by atoms with Crippen LogP contribution in [0.5, 0.6) is 0 Å². The fraction of sp³-hybridized carbons (Fsp3) is 0. The average Bonchev–Trinajstić information content (AvgIpc) is 3.20. The van der Waals surface area contributed by atoms with Gasteiger partial charge in [-0.1, -0.05) is 18.2 Å². The highest BCUT2D eigenvalue weighted by atomic mass is 32.1. The van der Waals surface area contributed by atoms with E-state index in [-0.39, 0.29) is 16.8 Å². The third-order valence-electron chi connectivity index (χ3n) is 4.08. The van der Waals surface area contributed by atoms with Crippen LogP contribution in [0, 0.1) is 23.0 Å². The second-order valence-corrected chi connectivity index (χ2v) is 6.82. The lowest BCUT2D eigenvalue weighted by molar-refractivity contribution is 0.509. The highest BCUT2D eigenvalue weighted by Crippen LogP contribution is 2.26. The van der Waals surface area contributed by atoms with Crippen LogP contribution in [0.25, 0.3) is 27.8 Å². The number of nitriles is 1. The van der Waals surface area contributed by atoms with Gasteiger partial charge in [0.25, 0.3) is 0 Å². The Bertz CT molecular complexity index is 1350. The third-order valence-corrected chi connectivity index (χ3v) is 4.95. The van der Waals surface area contributed by atoms with Gasteiger partial charge in [0.05, 0.1) is 11.3 Å². The summed E-state index contributed by atoms with van der Waals surface area (Å²) in [5.41, 5.74) is 1.09. The molecule has 29 heavy (non-hydrogen) atoms. The Morgan fingerprint density at radius 1 is 1.17 bits per heavy atom. The van der Waals surface area contributed by atoms with Crippen LogP contribution in [0.1, 0.15) is 5.01 Å². The molecule has 0 bridgehead atoms. The Hall–Kier alpha value is -3.83. The molecule has 142 valence electrons. The van der Waals surface area contributed by atoms with E-state index >= 15 is 0 Å². The summed E-state index contributed by atoms with van der Waals surface area (Å²) in [6.07, 6.45) is 1.35. The fourth-order valence-corrected chi connectivity index (χ4v) is 3.43. The first kappa shape index (κ1) is 18.5. The number of halogens is 2. The predicted molar refractivity (Wildman–Crippen MR) is 107 cm³/mol. The number of benzene rings is 2. The van der Waals surface area contributed by atoms with Crippen LogP contribution in [-0.2, 0) is 0 Å². The van der Waals surface area contributed by atoms with Crippen molar-refractivity contribution >= 4 is 33.6 Å². The molecule has 8 heteroatoms. The van der Waals surface area contributed by atoms with Crippen LogP contribution in [0.2, 0.25) is 0 Å². The first-order valence-electron chi connectivity index (χ1n) is 8.36. The second-order valence-electron chi connectivity index (χ2n) is 5.97. The van der Waals surface area contributed by atoms with Crippen LogP contribution in [0.4, 0.5) is 14.5 Å². The Balaban J connectivity index is 1.65. The lowest BCUT2D eigenvalue weighted by Crippen LogP contribution is -2.02. The molecule has 0 aliphatic rings. The largest absolute Gasteiger partial charge is 0.422 e. The number of hydrogen-bond donors (Lipinski definition) is 1. The van der Waals surface area contributed by atoms with Gasteiger partial charge in [0.2, 0.25) is 0 Å². The third kappa shape index (κ3) is 3.77. The number of nitrogens with zero attached hydrogens (tertiary/aromatic N) is 2. The molecule has 0 saturated carbocycles. The highest BCUT2D eigenvalue weighted by molar-refractivity contribution is 7.11. The van der Waals surface area contributed by atoms with Gasteiger partial charge in [-0.05, 0) is 24.3 Å². The van der Waals surface area contributed by atoms with Crippen LogP contribution < -0.4 is 10.9 Å². The number of aromatic nitrogens is 1. The number of hydrogen-bond acceptors (Lipinski definition) is 6. The number of para-hydroxylation sites is 1. The predicted octanol–water partition coefficient (Wildman–Crippen LogP) is 5.17. The van der Waals surface area contributed by atoms with Gasteiger partial charge in [-0.25, -0.2) is 18.6 Å². The Labute approximate surface area is 167 Å². The van der Waals surface area contributed by atoms with E-state index in [1.54, 1.807) is 23.6 Å². The lowest BCUT2D eigenvalue weighted by Gasteiger charge is -2.02. The SMILES string of the molecule is N#C/C(=C\Nc1ccc(F)c(F)c1)c1nc(-c2cc3ccccc3oc2=O)cs1. The first-order valence-corrected chi connectivity index (χ1v) is 9.24. The number of allylic oxidation sites excluding steroid dienone is 1. The minimum atomic E-state index is -0.999. The maximum absolute atomic E-state index is 13.3. The normalized spacial score (nSPS) is 11.4. The molecule has 0 saturated heterocycles. The van der Waals surface area contributed by atoms with Crippen molar-refractivity contribution in [1.82, 2.24) is 4.98 Å². The zero-order chi connectivity index (χ0) is 20.4. The van der Waals surface area contributed by atoms with E-state index in [1.807, 2.05) is 18.2 Å². The molecule has 0 aliphatic carbocycles. The molecule has 5 nitrogen and oxygen atoms in total. The van der Waals surface area contributed by atoms with Gasteiger partial charge in [0.1, 0.15) is 22.2 Å². The van der Waals surface area contributed by atoms with E-state index in [9.17, 15) is 18.8 Å². The molecule has 0 aliphatic heterocycles. The summed E-state index contributed by atoms with van der Waals surface area (Å²) in [7, 11) is 0. The molecule has 4 rings (SSSR count). The Kier molecular flexibility index (Phi) is 4.89. The molecular weight excluding hydrogens is 396 g/mol. The molecule has 0 spiro atoms. The summed E-state index contributed by atoms with van der Waals surface area (Å²) in [5, 5.41) is 14.9. The van der Waals surface area contributed by atoms with Crippen molar-refractivity contribution in [3.63, 3.8) is 0 Å². The molecule has 2 heterocycles. The van der Waals surface area contributed by atoms with Crippen molar-refractivity contribution in [3.8, 4) is 17.3 Å². The minimum absolute atomic E-state index is 0.177. The van der Waals surface area contributed by atoms with E-state index < -0.39 is 17.3 Å². The van der Waals surface area contributed by atoms with E-state index in [2.05, 4.69) is 10.3 Å². The molecule has 0 unspecified atom stereocenters. The van der Waals surface area contributed by atoms with Crippen LogP contribution >= 0.6 is 11.3 Å². The summed E-state index contributed by atoms with van der Waals surface area (Å²) in [6.45, 7) is 0. The van der Waals surface area contributed by atoms with Crippen molar-refractivity contribution < 1.29 is 13.2 Å². The van der Waals surface area contributed by atoms with Gasteiger partial charge in [0.15, 0.2) is 11.6 Å². The summed E-state index contributed by atoms with van der Waals surface area (Å²) >= 11 is 1.18. The molecule has 0 amide bonds. The quantitative estimate of drug-likeness (QED) is 0.373. The van der Waals surface area contributed by atoms with E-state index in [0.29, 0.717) is 16.3 Å². The van der Waals surface area contributed by atoms with Gasteiger partial charge in [-0.3, -0.25) is 0 Å². The minimum Gasteiger partial charge on any atom is -0.422 e. The zero-order valence-electron chi connectivity index (χ0n) is 14.6. The van der Waals surface area contributed by atoms with Crippen molar-refractivity contribution in [2.45, 2.75) is 0 Å². The lowest BCUT2D eigenvalue weighted by atomic mass is 10.1. The number of fused-ring (bicyclic) bond motifs is 1. The maximum Gasteiger partial charge on any atom is 0.345 e. The van der Waals surface area contributed by atoms with Gasteiger partial charge < -0.3 is 9.73 Å². The first-order chi connectivity index (χ1) is 14.0. The monoisotopic (exact) mass is 407 g/mol. The highest BCUT2D eigenvalue weighted by Gasteiger charge is 2.14. The molecule has 2 aromatic carbocycles. The number of nitrogens with one attached hydrogen (secondary N) is 1. The maximum atomic E-state index is 13.3. The molecule has 0 atom stereocenters. The molecule has 1 N–H and O–H groups in total. The zero-order valence-corrected chi connectivity index (χ0v) is 15.5. The average molecular weight is 407 g/mol. The smallest absolute Gasteiger partial charge is 0.345 e. The molecular formula is C21H11F2N3O2S. The van der Waals surface area contributed by atoms with Crippen LogP contribution in [0.3, 0.4) is 0 Å². The van der Waals surface area contributed by atoms with Gasteiger partial charge in [-0.15, -0.1) is 11.3 Å². The van der Waals surface area contributed by atoms with E-state index in [4.69, 9.17) is 4.42 Å². The number of rotatable bonds is 4.